The molecule has 1 unspecified atom stereocenters. The number of unbranched alkanes of at least 4 members (excludes halogenated alkanes) is 10. The molecule has 0 spiro atoms. The maximum atomic E-state index is 3.83. The van der Waals surface area contributed by atoms with Crippen molar-refractivity contribution >= 4 is 15.9 Å². The summed E-state index contributed by atoms with van der Waals surface area (Å²) in [6, 6.07) is 0. The Morgan fingerprint density at radius 2 is 1.20 bits per heavy atom. The van der Waals surface area contributed by atoms with Crippen molar-refractivity contribution in [3.8, 4) is 0 Å². The molecule has 0 fully saturated rings. The maximum absolute atomic E-state index is 3.83. The van der Waals surface area contributed by atoms with Gasteiger partial charge in [-0.2, -0.15) is 0 Å². The molecule has 1 aliphatic rings. The van der Waals surface area contributed by atoms with E-state index in [1.807, 2.05) is 0 Å². The van der Waals surface area contributed by atoms with Crippen molar-refractivity contribution in [3.05, 3.63) is 24.3 Å². The zero-order chi connectivity index (χ0) is 14.5. The third-order valence-corrected chi connectivity index (χ3v) is 5.35. The Kier molecular flexibility index (Phi) is 11.4. The second-order valence-corrected chi connectivity index (χ2v) is 7.36. The van der Waals surface area contributed by atoms with Crippen molar-refractivity contribution in [1.82, 2.24) is 0 Å². The molecule has 0 N–H and O–H groups in total. The standard InChI is InChI=1S/C19H33Br/c1-2-3-4-5-6-7-8-9-10-11-12-17-19(20)18-15-13-14-16-18/h13-16,18-19H,2-12,17H2,1H3. The second-order valence-electron chi connectivity index (χ2n) is 6.19. The lowest BCUT2D eigenvalue weighted by molar-refractivity contribution is 0.537. The highest BCUT2D eigenvalue weighted by atomic mass is 79.9. The summed E-state index contributed by atoms with van der Waals surface area (Å²) >= 11 is 3.83. The average molecular weight is 341 g/mol. The van der Waals surface area contributed by atoms with E-state index in [0.717, 1.165) is 0 Å². The molecule has 0 aromatic rings. The minimum atomic E-state index is 0.637. The van der Waals surface area contributed by atoms with Gasteiger partial charge >= 0.3 is 0 Å². The van der Waals surface area contributed by atoms with Gasteiger partial charge in [0.05, 0.1) is 0 Å². The average Bonchev–Trinajstić information content (AvgIpc) is 2.99. The molecule has 0 aromatic heterocycles. The molecule has 0 aliphatic heterocycles. The molecule has 0 radical (unpaired) electrons. The highest BCUT2D eigenvalue weighted by Crippen LogP contribution is 2.25. The van der Waals surface area contributed by atoms with Crippen LogP contribution in [0.25, 0.3) is 0 Å². The predicted molar refractivity (Wildman–Crippen MR) is 95.6 cm³/mol. The molecular weight excluding hydrogens is 308 g/mol. The van der Waals surface area contributed by atoms with Gasteiger partial charge in [0.2, 0.25) is 0 Å². The first-order valence-electron chi connectivity index (χ1n) is 8.83. The van der Waals surface area contributed by atoms with Crippen molar-refractivity contribution < 1.29 is 0 Å². The number of hydrogen-bond donors (Lipinski definition) is 0. The first kappa shape index (κ1) is 18.0. The van der Waals surface area contributed by atoms with E-state index in [2.05, 4.69) is 47.2 Å². The summed E-state index contributed by atoms with van der Waals surface area (Å²) in [7, 11) is 0. The first-order chi connectivity index (χ1) is 9.84. The van der Waals surface area contributed by atoms with E-state index < -0.39 is 0 Å². The van der Waals surface area contributed by atoms with E-state index in [0.29, 0.717) is 10.7 Å². The number of alkyl halides is 1. The van der Waals surface area contributed by atoms with E-state index in [9.17, 15) is 0 Å². The smallest absolute Gasteiger partial charge is 0.0243 e. The van der Waals surface area contributed by atoms with Gasteiger partial charge < -0.3 is 0 Å². The van der Waals surface area contributed by atoms with Crippen molar-refractivity contribution in [2.45, 2.75) is 88.8 Å². The highest BCUT2D eigenvalue weighted by Gasteiger charge is 2.14. The lowest BCUT2D eigenvalue weighted by atomic mass is 10.0. The molecule has 0 saturated heterocycles. The minimum Gasteiger partial charge on any atom is -0.0881 e. The van der Waals surface area contributed by atoms with Gasteiger partial charge in [0, 0.05) is 10.7 Å². The van der Waals surface area contributed by atoms with E-state index in [4.69, 9.17) is 0 Å². The number of rotatable bonds is 13. The molecule has 0 nitrogen and oxygen atoms in total. The minimum absolute atomic E-state index is 0.637. The second kappa shape index (κ2) is 12.7. The molecule has 0 saturated carbocycles. The molecule has 116 valence electrons. The van der Waals surface area contributed by atoms with Gasteiger partial charge in [-0.3, -0.25) is 0 Å². The molecule has 0 heterocycles. The molecule has 1 aliphatic carbocycles. The van der Waals surface area contributed by atoms with Gasteiger partial charge in [0.15, 0.2) is 0 Å². The summed E-state index contributed by atoms with van der Waals surface area (Å²) in [4.78, 5) is 0.649. The van der Waals surface area contributed by atoms with Crippen LogP contribution in [-0.2, 0) is 0 Å². The van der Waals surface area contributed by atoms with Crippen LogP contribution in [0.2, 0.25) is 0 Å². The van der Waals surface area contributed by atoms with Crippen LogP contribution in [0.5, 0.6) is 0 Å². The largest absolute Gasteiger partial charge is 0.0881 e. The lowest BCUT2D eigenvalue weighted by Gasteiger charge is -2.13. The van der Waals surface area contributed by atoms with Crippen LogP contribution >= 0.6 is 15.9 Å². The zero-order valence-electron chi connectivity index (χ0n) is 13.3. The molecule has 0 aromatic carbocycles. The SMILES string of the molecule is CCCCCCCCCCCCCC(Br)C1C=CC=C1. The number of allylic oxidation sites excluding steroid dienone is 4. The van der Waals surface area contributed by atoms with Gasteiger partial charge in [-0.05, 0) is 6.42 Å². The van der Waals surface area contributed by atoms with E-state index in [1.54, 1.807) is 0 Å². The van der Waals surface area contributed by atoms with Gasteiger partial charge in [-0.1, -0.05) is 118 Å². The van der Waals surface area contributed by atoms with Crippen LogP contribution in [0.15, 0.2) is 24.3 Å². The Labute approximate surface area is 135 Å². The van der Waals surface area contributed by atoms with Gasteiger partial charge in [0.25, 0.3) is 0 Å². The quantitative estimate of drug-likeness (QED) is 0.245. The van der Waals surface area contributed by atoms with E-state index in [-0.39, 0.29) is 0 Å². The van der Waals surface area contributed by atoms with Crippen LogP contribution in [-0.4, -0.2) is 4.83 Å². The van der Waals surface area contributed by atoms with Crippen LogP contribution in [0.3, 0.4) is 0 Å². The summed E-state index contributed by atoms with van der Waals surface area (Å²) in [6.07, 6.45) is 26.0. The monoisotopic (exact) mass is 340 g/mol. The zero-order valence-corrected chi connectivity index (χ0v) is 14.9. The van der Waals surface area contributed by atoms with Crippen molar-refractivity contribution in [2.75, 3.05) is 0 Å². The highest BCUT2D eigenvalue weighted by molar-refractivity contribution is 9.09. The fourth-order valence-electron chi connectivity index (χ4n) is 2.89. The fraction of sp³-hybridized carbons (Fsp3) is 0.789. The lowest BCUT2D eigenvalue weighted by Crippen LogP contribution is -2.07. The summed E-state index contributed by atoms with van der Waals surface area (Å²) in [5.41, 5.74) is 0. The number of halogens is 1. The van der Waals surface area contributed by atoms with Crippen LogP contribution in [0.1, 0.15) is 84.0 Å². The third-order valence-electron chi connectivity index (χ3n) is 4.28. The van der Waals surface area contributed by atoms with Gasteiger partial charge in [-0.15, -0.1) is 0 Å². The molecule has 1 atom stereocenters. The molecule has 20 heavy (non-hydrogen) atoms. The Balaban J connectivity index is 1.78. The Hall–Kier alpha value is -0.0400. The van der Waals surface area contributed by atoms with Crippen molar-refractivity contribution in [2.24, 2.45) is 5.92 Å². The van der Waals surface area contributed by atoms with Crippen LogP contribution in [0.4, 0.5) is 0 Å². The van der Waals surface area contributed by atoms with E-state index >= 15 is 0 Å². The molecule has 0 amide bonds. The Bertz CT molecular complexity index is 255. The summed E-state index contributed by atoms with van der Waals surface area (Å²) in [5, 5.41) is 0. The molecule has 1 rings (SSSR count). The maximum Gasteiger partial charge on any atom is 0.0243 e. The number of hydrogen-bond acceptors (Lipinski definition) is 0. The molecule has 1 heteroatoms. The van der Waals surface area contributed by atoms with Gasteiger partial charge in [-0.25, -0.2) is 0 Å². The van der Waals surface area contributed by atoms with Crippen molar-refractivity contribution in [1.29, 1.82) is 0 Å². The predicted octanol–water partition coefficient (Wildman–Crippen LogP) is 7.19. The Morgan fingerprint density at radius 1 is 0.750 bits per heavy atom. The topological polar surface area (TPSA) is 0 Å². The first-order valence-corrected chi connectivity index (χ1v) is 9.75. The third kappa shape index (κ3) is 9.00. The van der Waals surface area contributed by atoms with Crippen molar-refractivity contribution in [3.63, 3.8) is 0 Å². The summed E-state index contributed by atoms with van der Waals surface area (Å²) < 4.78 is 0. The summed E-state index contributed by atoms with van der Waals surface area (Å²) in [6.45, 7) is 2.29. The summed E-state index contributed by atoms with van der Waals surface area (Å²) in [5.74, 6) is 0.637. The van der Waals surface area contributed by atoms with Crippen LogP contribution < -0.4 is 0 Å². The van der Waals surface area contributed by atoms with E-state index in [1.165, 1.54) is 77.0 Å². The fourth-order valence-corrected chi connectivity index (χ4v) is 3.56. The normalized spacial score (nSPS) is 16.1. The Morgan fingerprint density at radius 3 is 1.70 bits per heavy atom. The van der Waals surface area contributed by atoms with Gasteiger partial charge in [0.1, 0.15) is 0 Å². The molecular formula is C19H33Br. The molecule has 0 bridgehead atoms. The van der Waals surface area contributed by atoms with Crippen LogP contribution in [0, 0.1) is 5.92 Å².